The van der Waals surface area contributed by atoms with Crippen LogP contribution in [0.2, 0.25) is 0 Å². The lowest BCUT2D eigenvalue weighted by atomic mass is 9.95. The van der Waals surface area contributed by atoms with Crippen LogP contribution in [0.1, 0.15) is 50.3 Å². The molecule has 9 heteroatoms. The number of hydrogen-bond donors (Lipinski definition) is 2. The zero-order chi connectivity index (χ0) is 26.1. The Balaban J connectivity index is 1.61. The Morgan fingerprint density at radius 1 is 1.14 bits per heavy atom. The summed E-state index contributed by atoms with van der Waals surface area (Å²) >= 11 is 0. The van der Waals surface area contributed by atoms with Crippen LogP contribution in [-0.2, 0) is 23.9 Å². The normalized spacial score (nSPS) is 14.6. The molecule has 1 fully saturated rings. The number of carboxylic acids is 1. The topological polar surface area (TPSA) is 84.3 Å². The molecule has 36 heavy (non-hydrogen) atoms. The van der Waals surface area contributed by atoms with Gasteiger partial charge in [-0.05, 0) is 68.0 Å². The summed E-state index contributed by atoms with van der Waals surface area (Å²) in [5, 5.41) is 12.6. The highest BCUT2D eigenvalue weighted by Crippen LogP contribution is 2.39. The molecule has 0 bridgehead atoms. The standard InChI is InChI=1S/C27H28F3N3O3/c1-4-20-18(15-33-26(10-11-26)25(34)35)6-5-7-21(20)19-13-31-24(32-14-19)17-8-9-23(36-16(2)3)22(12-17)27(28,29)30/h5-9,12-14,16,33H,4,10-11,15H2,1-3H3,(H,34,35). The molecule has 190 valence electrons. The first kappa shape index (κ1) is 25.6. The molecule has 0 saturated heterocycles. The molecule has 0 atom stereocenters. The van der Waals surface area contributed by atoms with Crippen molar-refractivity contribution in [2.24, 2.45) is 0 Å². The van der Waals surface area contributed by atoms with E-state index in [0.29, 0.717) is 25.8 Å². The van der Waals surface area contributed by atoms with E-state index in [4.69, 9.17) is 4.74 Å². The molecule has 0 spiro atoms. The number of aromatic nitrogens is 2. The molecule has 1 aliphatic rings. The average Bonchev–Trinajstić information content (AvgIpc) is 3.63. The van der Waals surface area contributed by atoms with E-state index in [1.165, 1.54) is 12.1 Å². The third-order valence-electron chi connectivity index (χ3n) is 6.27. The fourth-order valence-corrected chi connectivity index (χ4v) is 4.21. The van der Waals surface area contributed by atoms with E-state index < -0.39 is 29.4 Å². The molecule has 1 aromatic heterocycles. The summed E-state index contributed by atoms with van der Waals surface area (Å²) < 4.78 is 46.2. The molecule has 1 heterocycles. The number of halogens is 3. The van der Waals surface area contributed by atoms with Crippen molar-refractivity contribution >= 4 is 5.97 Å². The zero-order valence-corrected chi connectivity index (χ0v) is 20.3. The van der Waals surface area contributed by atoms with Crippen LogP contribution >= 0.6 is 0 Å². The molecule has 1 saturated carbocycles. The van der Waals surface area contributed by atoms with Crippen molar-refractivity contribution in [3.05, 3.63) is 65.5 Å². The van der Waals surface area contributed by atoms with Crippen molar-refractivity contribution in [2.75, 3.05) is 0 Å². The minimum Gasteiger partial charge on any atom is -0.490 e. The second-order valence-corrected chi connectivity index (χ2v) is 9.21. The number of carbonyl (C=O) groups is 1. The van der Waals surface area contributed by atoms with Crippen LogP contribution in [0.5, 0.6) is 5.75 Å². The molecule has 4 rings (SSSR count). The van der Waals surface area contributed by atoms with Gasteiger partial charge in [-0.25, -0.2) is 9.97 Å². The highest BCUT2D eigenvalue weighted by molar-refractivity contribution is 5.82. The summed E-state index contributed by atoms with van der Waals surface area (Å²) in [6, 6.07) is 9.61. The van der Waals surface area contributed by atoms with E-state index in [0.717, 1.165) is 28.3 Å². The van der Waals surface area contributed by atoms with Crippen molar-refractivity contribution in [3.8, 4) is 28.3 Å². The average molecular weight is 500 g/mol. The predicted molar refractivity (Wildman–Crippen MR) is 129 cm³/mol. The summed E-state index contributed by atoms with van der Waals surface area (Å²) in [7, 11) is 0. The quantitative estimate of drug-likeness (QED) is 0.382. The van der Waals surface area contributed by atoms with E-state index >= 15 is 0 Å². The summed E-state index contributed by atoms with van der Waals surface area (Å²) in [6.45, 7) is 5.78. The van der Waals surface area contributed by atoms with E-state index in [1.54, 1.807) is 26.2 Å². The van der Waals surface area contributed by atoms with Gasteiger partial charge in [-0.2, -0.15) is 13.2 Å². The molecule has 0 aliphatic heterocycles. The monoisotopic (exact) mass is 499 g/mol. The van der Waals surface area contributed by atoms with Gasteiger partial charge in [0.15, 0.2) is 5.82 Å². The van der Waals surface area contributed by atoms with Crippen molar-refractivity contribution in [1.29, 1.82) is 0 Å². The van der Waals surface area contributed by atoms with Crippen LogP contribution in [0.15, 0.2) is 48.8 Å². The summed E-state index contributed by atoms with van der Waals surface area (Å²) in [5.41, 5.74) is 2.19. The maximum atomic E-state index is 13.6. The third kappa shape index (κ3) is 5.36. The summed E-state index contributed by atoms with van der Waals surface area (Å²) in [5.74, 6) is -0.890. The maximum absolute atomic E-state index is 13.6. The molecule has 0 radical (unpaired) electrons. The van der Waals surface area contributed by atoms with Gasteiger partial charge in [0.2, 0.25) is 0 Å². The van der Waals surface area contributed by atoms with Crippen LogP contribution < -0.4 is 10.1 Å². The molecular formula is C27H28F3N3O3. The largest absolute Gasteiger partial charge is 0.490 e. The number of rotatable bonds is 9. The van der Waals surface area contributed by atoms with Gasteiger partial charge >= 0.3 is 12.1 Å². The molecular weight excluding hydrogens is 471 g/mol. The highest BCUT2D eigenvalue weighted by Gasteiger charge is 2.49. The minimum absolute atomic E-state index is 0.174. The van der Waals surface area contributed by atoms with Gasteiger partial charge in [-0.3, -0.25) is 10.1 Å². The van der Waals surface area contributed by atoms with Crippen molar-refractivity contribution in [1.82, 2.24) is 15.3 Å². The molecule has 3 aromatic rings. The third-order valence-corrected chi connectivity index (χ3v) is 6.27. The Kier molecular flexibility index (Phi) is 7.04. The molecule has 6 nitrogen and oxygen atoms in total. The van der Waals surface area contributed by atoms with Crippen LogP contribution in [0.25, 0.3) is 22.5 Å². The highest BCUT2D eigenvalue weighted by atomic mass is 19.4. The van der Waals surface area contributed by atoms with E-state index in [1.807, 2.05) is 25.1 Å². The Labute approximate surface area is 207 Å². The van der Waals surface area contributed by atoms with Gasteiger partial charge in [0.05, 0.1) is 11.7 Å². The second-order valence-electron chi connectivity index (χ2n) is 9.21. The van der Waals surface area contributed by atoms with Gasteiger partial charge in [0.25, 0.3) is 0 Å². The number of nitrogens with zero attached hydrogens (tertiary/aromatic N) is 2. The number of ether oxygens (including phenoxy) is 1. The predicted octanol–water partition coefficient (Wildman–Crippen LogP) is 5.89. The first-order valence-corrected chi connectivity index (χ1v) is 11.8. The molecule has 2 N–H and O–H groups in total. The Morgan fingerprint density at radius 2 is 1.83 bits per heavy atom. The fourth-order valence-electron chi connectivity index (χ4n) is 4.21. The first-order chi connectivity index (χ1) is 17.0. The smallest absolute Gasteiger partial charge is 0.419 e. The van der Waals surface area contributed by atoms with E-state index in [2.05, 4.69) is 15.3 Å². The van der Waals surface area contributed by atoms with Crippen molar-refractivity contribution in [3.63, 3.8) is 0 Å². The van der Waals surface area contributed by atoms with Crippen LogP contribution in [0.3, 0.4) is 0 Å². The molecule has 2 aromatic carbocycles. The number of alkyl halides is 3. The van der Waals surface area contributed by atoms with Gasteiger partial charge in [0.1, 0.15) is 11.3 Å². The number of benzene rings is 2. The van der Waals surface area contributed by atoms with Gasteiger partial charge in [-0.15, -0.1) is 0 Å². The SMILES string of the molecule is CCc1c(CNC2(C(=O)O)CC2)cccc1-c1cnc(-c2ccc(OC(C)C)c(C(F)(F)F)c2)nc1. The number of nitrogens with one attached hydrogen (secondary N) is 1. The van der Waals surface area contributed by atoms with Gasteiger partial charge in [0, 0.05) is 30.1 Å². The Bertz CT molecular complexity index is 1250. The second kappa shape index (κ2) is 9.89. The van der Waals surface area contributed by atoms with Gasteiger partial charge in [-0.1, -0.05) is 25.1 Å². The lowest BCUT2D eigenvalue weighted by Gasteiger charge is -2.18. The lowest BCUT2D eigenvalue weighted by molar-refractivity contribution is -0.141. The van der Waals surface area contributed by atoms with Gasteiger partial charge < -0.3 is 9.84 Å². The number of hydrogen-bond acceptors (Lipinski definition) is 5. The molecule has 0 amide bonds. The minimum atomic E-state index is -4.58. The summed E-state index contributed by atoms with van der Waals surface area (Å²) in [6.07, 6.45) is 0.147. The van der Waals surface area contributed by atoms with Crippen molar-refractivity contribution < 1.29 is 27.8 Å². The number of aliphatic carboxylic acids is 1. The van der Waals surface area contributed by atoms with E-state index in [9.17, 15) is 23.1 Å². The van der Waals surface area contributed by atoms with Crippen LogP contribution in [0, 0.1) is 0 Å². The Hall–Kier alpha value is -3.46. The van der Waals surface area contributed by atoms with Crippen molar-refractivity contribution in [2.45, 2.75) is 64.4 Å². The first-order valence-electron chi connectivity index (χ1n) is 11.8. The fraction of sp³-hybridized carbons (Fsp3) is 0.370. The summed E-state index contributed by atoms with van der Waals surface area (Å²) in [4.78, 5) is 20.2. The maximum Gasteiger partial charge on any atom is 0.419 e. The number of carboxylic acid groups (broad SMARTS) is 1. The van der Waals surface area contributed by atoms with Crippen LogP contribution in [0.4, 0.5) is 13.2 Å². The zero-order valence-electron chi connectivity index (χ0n) is 20.3. The van der Waals surface area contributed by atoms with Crippen LogP contribution in [-0.4, -0.2) is 32.7 Å². The lowest BCUT2D eigenvalue weighted by Crippen LogP contribution is -2.38. The van der Waals surface area contributed by atoms with E-state index in [-0.39, 0.29) is 17.1 Å². The Morgan fingerprint density at radius 3 is 2.39 bits per heavy atom. The molecule has 0 unspecified atom stereocenters. The molecule has 1 aliphatic carbocycles.